The van der Waals surface area contributed by atoms with Crippen LogP contribution >= 0.6 is 15.9 Å². The van der Waals surface area contributed by atoms with E-state index in [4.69, 9.17) is 10.5 Å². The Labute approximate surface area is 127 Å². The lowest BCUT2D eigenvalue weighted by molar-refractivity contribution is 0.0983. The third-order valence-corrected chi connectivity index (χ3v) is 3.89. The first-order chi connectivity index (χ1) is 9.60. The Bertz CT molecular complexity index is 473. The summed E-state index contributed by atoms with van der Waals surface area (Å²) in [4.78, 5) is 13.4. The normalized spacial score (nSPS) is 16.0. The van der Waals surface area contributed by atoms with Crippen LogP contribution in [0.2, 0.25) is 0 Å². The van der Waals surface area contributed by atoms with Gasteiger partial charge in [-0.25, -0.2) is 4.79 Å². The number of ether oxygens (including phenoxy) is 1. The van der Waals surface area contributed by atoms with Gasteiger partial charge in [-0.1, -0.05) is 15.9 Å². The van der Waals surface area contributed by atoms with Crippen LogP contribution in [-0.4, -0.2) is 36.7 Å². The van der Waals surface area contributed by atoms with Crippen LogP contribution in [0.3, 0.4) is 0 Å². The van der Waals surface area contributed by atoms with Gasteiger partial charge in [-0.05, 0) is 38.0 Å². The zero-order chi connectivity index (χ0) is 14.5. The number of amides is 1. The Hall–Kier alpha value is -1.43. The second-order valence-corrected chi connectivity index (χ2v) is 5.75. The number of hydrogen-bond donors (Lipinski definition) is 2. The van der Waals surface area contributed by atoms with E-state index in [9.17, 15) is 4.79 Å². The van der Waals surface area contributed by atoms with Crippen LogP contribution in [-0.2, 0) is 4.74 Å². The van der Waals surface area contributed by atoms with E-state index in [1.54, 1.807) is 4.90 Å². The summed E-state index contributed by atoms with van der Waals surface area (Å²) >= 11 is 3.39. The van der Waals surface area contributed by atoms with E-state index in [0.29, 0.717) is 25.7 Å². The van der Waals surface area contributed by atoms with Gasteiger partial charge in [0.05, 0.1) is 18.0 Å². The van der Waals surface area contributed by atoms with E-state index in [2.05, 4.69) is 21.2 Å². The largest absolute Gasteiger partial charge is 0.450 e. The van der Waals surface area contributed by atoms with E-state index in [1.807, 2.05) is 25.1 Å². The SMILES string of the molecule is CCOC(=O)N1CCC(Nc2ccc(Br)cc2N)CC1. The molecule has 20 heavy (non-hydrogen) atoms. The Kier molecular flexibility index (Phi) is 5.11. The van der Waals surface area contributed by atoms with Gasteiger partial charge >= 0.3 is 6.09 Å². The molecule has 0 unspecified atom stereocenters. The molecule has 5 nitrogen and oxygen atoms in total. The summed E-state index contributed by atoms with van der Waals surface area (Å²) in [7, 11) is 0. The minimum Gasteiger partial charge on any atom is -0.450 e. The van der Waals surface area contributed by atoms with E-state index < -0.39 is 0 Å². The lowest BCUT2D eigenvalue weighted by atomic mass is 10.0. The van der Waals surface area contributed by atoms with Crippen LogP contribution in [0.5, 0.6) is 0 Å². The van der Waals surface area contributed by atoms with Crippen molar-refractivity contribution in [2.24, 2.45) is 0 Å². The average molecular weight is 342 g/mol. The molecule has 0 atom stereocenters. The van der Waals surface area contributed by atoms with Crippen molar-refractivity contribution in [3.8, 4) is 0 Å². The molecular weight excluding hydrogens is 322 g/mol. The van der Waals surface area contributed by atoms with Crippen molar-refractivity contribution >= 4 is 33.4 Å². The fourth-order valence-electron chi connectivity index (χ4n) is 2.31. The van der Waals surface area contributed by atoms with Crippen LogP contribution in [0, 0.1) is 0 Å². The number of halogens is 1. The van der Waals surface area contributed by atoms with E-state index in [0.717, 1.165) is 28.7 Å². The predicted molar refractivity (Wildman–Crippen MR) is 83.8 cm³/mol. The van der Waals surface area contributed by atoms with Crippen molar-refractivity contribution < 1.29 is 9.53 Å². The molecule has 3 N–H and O–H groups in total. The molecule has 1 aliphatic heterocycles. The number of piperidine rings is 1. The topological polar surface area (TPSA) is 67.6 Å². The summed E-state index contributed by atoms with van der Waals surface area (Å²) in [5.41, 5.74) is 7.65. The van der Waals surface area contributed by atoms with Crippen molar-refractivity contribution in [1.29, 1.82) is 0 Å². The monoisotopic (exact) mass is 341 g/mol. The van der Waals surface area contributed by atoms with E-state index in [-0.39, 0.29) is 6.09 Å². The van der Waals surface area contributed by atoms with Gasteiger partial charge in [0.25, 0.3) is 0 Å². The molecule has 0 saturated carbocycles. The molecule has 1 saturated heterocycles. The van der Waals surface area contributed by atoms with E-state index in [1.165, 1.54) is 0 Å². The highest BCUT2D eigenvalue weighted by molar-refractivity contribution is 9.10. The number of nitrogens with two attached hydrogens (primary N) is 1. The fraction of sp³-hybridized carbons (Fsp3) is 0.500. The quantitative estimate of drug-likeness (QED) is 0.829. The molecule has 1 fully saturated rings. The number of nitrogens with zero attached hydrogens (tertiary/aromatic N) is 1. The fourth-order valence-corrected chi connectivity index (χ4v) is 2.68. The second-order valence-electron chi connectivity index (χ2n) is 4.84. The molecule has 110 valence electrons. The van der Waals surface area contributed by atoms with Gasteiger partial charge in [0.2, 0.25) is 0 Å². The van der Waals surface area contributed by atoms with Crippen molar-refractivity contribution in [2.45, 2.75) is 25.8 Å². The molecule has 1 aromatic carbocycles. The van der Waals surface area contributed by atoms with Gasteiger partial charge < -0.3 is 20.7 Å². The third kappa shape index (κ3) is 3.79. The van der Waals surface area contributed by atoms with Crippen LogP contribution in [0.15, 0.2) is 22.7 Å². The summed E-state index contributed by atoms with van der Waals surface area (Å²) in [6.45, 7) is 3.68. The van der Waals surface area contributed by atoms with Crippen LogP contribution in [0.25, 0.3) is 0 Å². The number of nitrogens with one attached hydrogen (secondary N) is 1. The molecule has 0 aromatic heterocycles. The molecule has 1 amide bonds. The minimum atomic E-state index is -0.214. The zero-order valence-electron chi connectivity index (χ0n) is 11.6. The van der Waals surface area contributed by atoms with Crippen molar-refractivity contribution in [3.63, 3.8) is 0 Å². The Morgan fingerprint density at radius 3 is 2.80 bits per heavy atom. The maximum absolute atomic E-state index is 11.6. The van der Waals surface area contributed by atoms with Gasteiger partial charge in [-0.2, -0.15) is 0 Å². The highest BCUT2D eigenvalue weighted by atomic mass is 79.9. The number of carbonyl (C=O) groups excluding carboxylic acids is 1. The van der Waals surface area contributed by atoms with Gasteiger partial charge in [0.15, 0.2) is 0 Å². The van der Waals surface area contributed by atoms with Gasteiger partial charge in [-0.15, -0.1) is 0 Å². The summed E-state index contributed by atoms with van der Waals surface area (Å²) in [5, 5.41) is 3.44. The molecule has 6 heteroatoms. The molecule has 2 rings (SSSR count). The summed E-state index contributed by atoms with van der Waals surface area (Å²) < 4.78 is 5.98. The van der Waals surface area contributed by atoms with Crippen molar-refractivity contribution in [1.82, 2.24) is 4.90 Å². The summed E-state index contributed by atoms with van der Waals surface area (Å²) in [6.07, 6.45) is 1.58. The highest BCUT2D eigenvalue weighted by Crippen LogP contribution is 2.25. The van der Waals surface area contributed by atoms with Gasteiger partial charge in [0, 0.05) is 23.6 Å². The van der Waals surface area contributed by atoms with Crippen molar-refractivity contribution in [3.05, 3.63) is 22.7 Å². The Morgan fingerprint density at radius 2 is 2.20 bits per heavy atom. The lowest BCUT2D eigenvalue weighted by Crippen LogP contribution is -2.42. The molecule has 1 aromatic rings. The third-order valence-electron chi connectivity index (χ3n) is 3.39. The number of nitrogen functional groups attached to an aromatic ring is 1. The zero-order valence-corrected chi connectivity index (χ0v) is 13.1. The lowest BCUT2D eigenvalue weighted by Gasteiger charge is -2.32. The summed E-state index contributed by atoms with van der Waals surface area (Å²) in [6, 6.07) is 6.16. The molecule has 1 aliphatic rings. The molecule has 0 bridgehead atoms. The number of hydrogen-bond acceptors (Lipinski definition) is 4. The Morgan fingerprint density at radius 1 is 1.50 bits per heavy atom. The number of carbonyl (C=O) groups is 1. The van der Waals surface area contributed by atoms with Gasteiger partial charge in [0.1, 0.15) is 0 Å². The van der Waals surface area contributed by atoms with Crippen LogP contribution < -0.4 is 11.1 Å². The summed E-state index contributed by atoms with van der Waals surface area (Å²) in [5.74, 6) is 0. The number of anilines is 2. The van der Waals surface area contributed by atoms with Crippen LogP contribution in [0.1, 0.15) is 19.8 Å². The highest BCUT2D eigenvalue weighted by Gasteiger charge is 2.23. The molecule has 1 heterocycles. The standard InChI is InChI=1S/C14H20BrN3O2/c1-2-20-14(19)18-7-5-11(6-8-18)17-13-4-3-10(15)9-12(13)16/h3-4,9,11,17H,2,5-8,16H2,1H3. The smallest absolute Gasteiger partial charge is 0.409 e. The predicted octanol–water partition coefficient (Wildman–Crippen LogP) is 3.06. The Balaban J connectivity index is 1.86. The van der Waals surface area contributed by atoms with Crippen molar-refractivity contribution in [2.75, 3.05) is 30.7 Å². The average Bonchev–Trinajstić information content (AvgIpc) is 2.43. The van der Waals surface area contributed by atoms with E-state index >= 15 is 0 Å². The first kappa shape index (κ1) is 15.0. The second kappa shape index (κ2) is 6.83. The molecule has 0 radical (unpaired) electrons. The first-order valence-corrected chi connectivity index (χ1v) is 7.62. The number of likely N-dealkylation sites (tertiary alicyclic amines) is 1. The minimum absolute atomic E-state index is 0.214. The maximum atomic E-state index is 11.6. The molecule has 0 spiro atoms. The molecule has 0 aliphatic carbocycles. The first-order valence-electron chi connectivity index (χ1n) is 6.83. The maximum Gasteiger partial charge on any atom is 0.409 e. The van der Waals surface area contributed by atoms with Gasteiger partial charge in [-0.3, -0.25) is 0 Å². The number of benzene rings is 1. The number of rotatable bonds is 3. The van der Waals surface area contributed by atoms with Crippen LogP contribution in [0.4, 0.5) is 16.2 Å². The molecular formula is C14H20BrN3O2.